The topological polar surface area (TPSA) is 49.9 Å². The van der Waals surface area contributed by atoms with Crippen LogP contribution in [0, 0.1) is 0 Å². The van der Waals surface area contributed by atoms with Gasteiger partial charge in [0.25, 0.3) is 0 Å². The van der Waals surface area contributed by atoms with E-state index in [0.29, 0.717) is 19.3 Å². The van der Waals surface area contributed by atoms with Crippen molar-refractivity contribution in [3.63, 3.8) is 0 Å². The first kappa shape index (κ1) is 20.6. The lowest BCUT2D eigenvalue weighted by molar-refractivity contribution is -0.151. The molecule has 5 nitrogen and oxygen atoms in total. The van der Waals surface area contributed by atoms with Gasteiger partial charge in [-0.1, -0.05) is 31.2 Å². The molecule has 1 saturated heterocycles. The number of para-hydroxylation sites is 1. The van der Waals surface area contributed by atoms with Gasteiger partial charge in [0.05, 0.1) is 7.11 Å². The Hall–Kier alpha value is -2.18. The molecule has 0 radical (unpaired) electrons. The Balaban J connectivity index is 1.80. The van der Waals surface area contributed by atoms with E-state index >= 15 is 0 Å². The van der Waals surface area contributed by atoms with Crippen molar-refractivity contribution >= 4 is 28.9 Å². The maximum atomic E-state index is 12.9. The summed E-state index contributed by atoms with van der Waals surface area (Å²) in [5.74, 6) is -0.375. The first-order valence-electron chi connectivity index (χ1n) is 9.82. The van der Waals surface area contributed by atoms with E-state index in [-0.39, 0.29) is 11.9 Å². The van der Waals surface area contributed by atoms with Crippen LogP contribution in [0.3, 0.4) is 0 Å². The molecule has 150 valence electrons. The number of carbonyl (C=O) groups is 2. The number of methoxy groups -OCH3 is 1. The maximum absolute atomic E-state index is 12.9. The summed E-state index contributed by atoms with van der Waals surface area (Å²) < 4.78 is 5.19. The molecule has 0 spiro atoms. The van der Waals surface area contributed by atoms with Gasteiger partial charge in [-0.05, 0) is 42.8 Å². The number of benzene rings is 1. The minimum absolute atomic E-state index is 0.0522. The second kappa shape index (κ2) is 9.34. The zero-order valence-electron chi connectivity index (χ0n) is 16.6. The smallest absolute Gasteiger partial charge is 0.332 e. The van der Waals surface area contributed by atoms with Crippen molar-refractivity contribution in [3.05, 3.63) is 52.7 Å². The molecule has 0 unspecified atom stereocenters. The molecule has 0 bridgehead atoms. The summed E-state index contributed by atoms with van der Waals surface area (Å²) in [5, 5.41) is 2.10. The predicted molar refractivity (Wildman–Crippen MR) is 113 cm³/mol. The second-order valence-electron chi connectivity index (χ2n) is 7.11. The Kier molecular flexibility index (Phi) is 6.86. The van der Waals surface area contributed by atoms with E-state index in [2.05, 4.69) is 22.4 Å². The molecule has 28 heavy (non-hydrogen) atoms. The molecule has 0 N–H and O–H groups in total. The minimum Gasteiger partial charge on any atom is -0.467 e. The summed E-state index contributed by atoms with van der Waals surface area (Å²) in [7, 11) is 1.41. The summed E-state index contributed by atoms with van der Waals surface area (Å²) in [4.78, 5) is 31.3. The largest absolute Gasteiger partial charge is 0.467 e. The van der Waals surface area contributed by atoms with Crippen molar-refractivity contribution in [2.24, 2.45) is 0 Å². The molecule has 1 aromatic heterocycles. The first-order chi connectivity index (χ1) is 13.6. The fraction of sp³-hybridized carbons (Fsp3) is 0.455. The SMILES string of the molecule is CCC(=O)N(c1ccccc1)C1(C(=O)OC)CCN(CCc2cccs2)CC1. The van der Waals surface area contributed by atoms with E-state index in [4.69, 9.17) is 4.74 Å². The molecule has 1 aromatic carbocycles. The maximum Gasteiger partial charge on any atom is 0.332 e. The minimum atomic E-state index is -0.942. The molecule has 3 rings (SSSR count). The van der Waals surface area contributed by atoms with Crippen molar-refractivity contribution in [2.45, 2.75) is 38.1 Å². The number of carbonyl (C=O) groups excluding carboxylic acids is 2. The zero-order chi connectivity index (χ0) is 20.0. The normalized spacial score (nSPS) is 16.5. The van der Waals surface area contributed by atoms with Gasteiger partial charge in [-0.2, -0.15) is 0 Å². The highest BCUT2D eigenvalue weighted by atomic mass is 32.1. The molecule has 0 aliphatic carbocycles. The van der Waals surface area contributed by atoms with Gasteiger partial charge in [0.2, 0.25) is 5.91 Å². The molecular formula is C22H28N2O3S. The number of esters is 1. The fourth-order valence-electron chi connectivity index (χ4n) is 3.94. The number of ether oxygens (including phenoxy) is 1. The van der Waals surface area contributed by atoms with Gasteiger partial charge in [-0.15, -0.1) is 11.3 Å². The highest BCUT2D eigenvalue weighted by Crippen LogP contribution is 2.35. The number of hydrogen-bond donors (Lipinski definition) is 0. The lowest BCUT2D eigenvalue weighted by atomic mass is 9.84. The summed E-state index contributed by atoms with van der Waals surface area (Å²) in [6, 6.07) is 13.7. The van der Waals surface area contributed by atoms with Crippen molar-refractivity contribution in [2.75, 3.05) is 31.6 Å². The highest BCUT2D eigenvalue weighted by molar-refractivity contribution is 7.09. The van der Waals surface area contributed by atoms with Crippen LogP contribution in [0.5, 0.6) is 0 Å². The Morgan fingerprint density at radius 1 is 1.14 bits per heavy atom. The van der Waals surface area contributed by atoms with Crippen molar-refractivity contribution in [1.82, 2.24) is 4.90 Å². The Bertz CT molecular complexity index is 768. The molecule has 1 aliphatic heterocycles. The number of rotatable bonds is 7. The van der Waals surface area contributed by atoms with Gasteiger partial charge in [-0.25, -0.2) is 4.79 Å². The van der Waals surface area contributed by atoms with Crippen LogP contribution in [0.2, 0.25) is 0 Å². The van der Waals surface area contributed by atoms with Crippen LogP contribution in [0.4, 0.5) is 5.69 Å². The van der Waals surface area contributed by atoms with E-state index in [9.17, 15) is 9.59 Å². The Morgan fingerprint density at radius 3 is 2.43 bits per heavy atom. The van der Waals surface area contributed by atoms with E-state index < -0.39 is 5.54 Å². The first-order valence-corrected chi connectivity index (χ1v) is 10.7. The second-order valence-corrected chi connectivity index (χ2v) is 8.14. The van der Waals surface area contributed by atoms with E-state index in [1.54, 1.807) is 16.2 Å². The standard InChI is InChI=1S/C22H28N2O3S/c1-3-20(25)24(18-8-5-4-6-9-18)22(21(26)27-2)12-15-23(16-13-22)14-11-19-10-7-17-28-19/h4-10,17H,3,11-16H2,1-2H3. The van der Waals surface area contributed by atoms with Crippen molar-refractivity contribution in [3.8, 4) is 0 Å². The van der Waals surface area contributed by atoms with Crippen LogP contribution in [0.15, 0.2) is 47.8 Å². The molecule has 0 saturated carbocycles. The van der Waals surface area contributed by atoms with E-state index in [0.717, 1.165) is 31.7 Å². The molecule has 2 aromatic rings. The third kappa shape index (κ3) is 4.28. The number of amides is 1. The summed E-state index contributed by atoms with van der Waals surface area (Å²) in [6.45, 7) is 4.33. The van der Waals surface area contributed by atoms with Gasteiger partial charge in [0.1, 0.15) is 5.54 Å². The summed E-state index contributed by atoms with van der Waals surface area (Å²) in [5.41, 5.74) is -0.186. The van der Waals surface area contributed by atoms with Gasteiger partial charge in [-0.3, -0.25) is 9.69 Å². The fourth-order valence-corrected chi connectivity index (χ4v) is 4.64. The number of nitrogens with zero attached hydrogens (tertiary/aromatic N) is 2. The number of hydrogen-bond acceptors (Lipinski definition) is 5. The number of likely N-dealkylation sites (tertiary alicyclic amines) is 1. The monoisotopic (exact) mass is 400 g/mol. The highest BCUT2D eigenvalue weighted by Gasteiger charge is 2.49. The zero-order valence-corrected chi connectivity index (χ0v) is 17.4. The van der Waals surface area contributed by atoms with Crippen molar-refractivity contribution in [1.29, 1.82) is 0 Å². The van der Waals surface area contributed by atoms with Crippen LogP contribution in [-0.4, -0.2) is 49.1 Å². The van der Waals surface area contributed by atoms with Gasteiger partial charge in [0, 0.05) is 36.6 Å². The van der Waals surface area contributed by atoms with E-state index in [1.807, 2.05) is 37.3 Å². The number of anilines is 1. The average Bonchev–Trinajstić information content (AvgIpc) is 3.27. The van der Waals surface area contributed by atoms with Crippen LogP contribution in [-0.2, 0) is 20.7 Å². The molecule has 1 aliphatic rings. The molecular weight excluding hydrogens is 372 g/mol. The van der Waals surface area contributed by atoms with Crippen LogP contribution < -0.4 is 4.90 Å². The number of piperidine rings is 1. The molecule has 2 heterocycles. The summed E-state index contributed by atoms with van der Waals surface area (Å²) >= 11 is 1.78. The van der Waals surface area contributed by atoms with E-state index in [1.165, 1.54) is 12.0 Å². The third-order valence-corrected chi connectivity index (χ3v) is 6.43. The van der Waals surface area contributed by atoms with Gasteiger partial charge in [0.15, 0.2) is 0 Å². The molecule has 1 fully saturated rings. The van der Waals surface area contributed by atoms with Crippen LogP contribution >= 0.6 is 11.3 Å². The Labute approximate surface area is 170 Å². The number of thiophene rings is 1. The third-order valence-electron chi connectivity index (χ3n) is 5.50. The van der Waals surface area contributed by atoms with Crippen LogP contribution in [0.1, 0.15) is 31.1 Å². The Morgan fingerprint density at radius 2 is 1.86 bits per heavy atom. The summed E-state index contributed by atoms with van der Waals surface area (Å²) in [6.07, 6.45) is 2.50. The van der Waals surface area contributed by atoms with Crippen LogP contribution in [0.25, 0.3) is 0 Å². The molecule has 6 heteroatoms. The lowest BCUT2D eigenvalue weighted by Gasteiger charge is -2.46. The van der Waals surface area contributed by atoms with Gasteiger partial charge >= 0.3 is 5.97 Å². The predicted octanol–water partition coefficient (Wildman–Crippen LogP) is 3.74. The average molecular weight is 401 g/mol. The lowest BCUT2D eigenvalue weighted by Crippen LogP contribution is -2.62. The molecule has 0 atom stereocenters. The quantitative estimate of drug-likeness (QED) is 0.665. The molecule has 1 amide bonds. The van der Waals surface area contributed by atoms with Crippen molar-refractivity contribution < 1.29 is 14.3 Å². The van der Waals surface area contributed by atoms with Gasteiger partial charge < -0.3 is 9.64 Å².